The molecule has 0 unspecified atom stereocenters. The number of nitrogens with two attached hydrogens (primary N) is 1. The molecule has 2 aromatic rings. The van der Waals surface area contributed by atoms with Gasteiger partial charge in [0.1, 0.15) is 12.1 Å². The fourth-order valence-corrected chi connectivity index (χ4v) is 1.62. The van der Waals surface area contributed by atoms with E-state index in [4.69, 9.17) is 5.73 Å². The van der Waals surface area contributed by atoms with E-state index in [1.165, 1.54) is 12.4 Å². The molecule has 0 fully saturated rings. The number of aryl methyl sites for hydroxylation is 1. The van der Waals surface area contributed by atoms with Crippen LogP contribution in [0.3, 0.4) is 0 Å². The highest BCUT2D eigenvalue weighted by Crippen LogP contribution is 2.17. The Morgan fingerprint density at radius 1 is 1.47 bits per heavy atom. The molecule has 0 atom stereocenters. The SMILES string of the molecule is CCc1cccc(F)c1-n1cnc(N)nc1=O. The Labute approximate surface area is 96.8 Å². The van der Waals surface area contributed by atoms with Crippen molar-refractivity contribution in [3.63, 3.8) is 0 Å². The minimum atomic E-state index is -0.641. The second kappa shape index (κ2) is 4.32. The van der Waals surface area contributed by atoms with E-state index in [0.717, 1.165) is 4.57 Å². The van der Waals surface area contributed by atoms with Crippen molar-refractivity contribution in [2.24, 2.45) is 0 Å². The maximum atomic E-state index is 13.8. The van der Waals surface area contributed by atoms with Gasteiger partial charge in [0.25, 0.3) is 0 Å². The van der Waals surface area contributed by atoms with E-state index in [-0.39, 0.29) is 11.6 Å². The number of benzene rings is 1. The standard InChI is InChI=1S/C11H11FN4O/c1-2-7-4-3-5-8(12)9(7)16-6-14-10(13)15-11(16)17/h3-6H,2H2,1H3,(H2,13,15,17). The summed E-state index contributed by atoms with van der Waals surface area (Å²) >= 11 is 0. The number of nitrogens with zero attached hydrogens (tertiary/aromatic N) is 3. The number of halogens is 1. The van der Waals surface area contributed by atoms with Crippen molar-refractivity contribution >= 4 is 5.95 Å². The fraction of sp³-hybridized carbons (Fsp3) is 0.182. The molecule has 0 aliphatic heterocycles. The molecule has 0 saturated heterocycles. The number of aromatic nitrogens is 3. The second-order valence-electron chi connectivity index (χ2n) is 3.47. The largest absolute Gasteiger partial charge is 0.368 e. The van der Waals surface area contributed by atoms with Crippen molar-refractivity contribution in [3.05, 3.63) is 46.4 Å². The van der Waals surface area contributed by atoms with Gasteiger partial charge in [-0.3, -0.25) is 0 Å². The van der Waals surface area contributed by atoms with E-state index in [0.29, 0.717) is 12.0 Å². The van der Waals surface area contributed by atoms with Crippen LogP contribution in [-0.2, 0) is 6.42 Å². The van der Waals surface area contributed by atoms with Crippen LogP contribution in [0.25, 0.3) is 5.69 Å². The highest BCUT2D eigenvalue weighted by Gasteiger charge is 2.11. The summed E-state index contributed by atoms with van der Waals surface area (Å²) < 4.78 is 14.8. The zero-order chi connectivity index (χ0) is 12.4. The molecule has 2 rings (SSSR count). The van der Waals surface area contributed by atoms with Crippen LogP contribution in [-0.4, -0.2) is 14.5 Å². The number of hydrogen-bond acceptors (Lipinski definition) is 4. The van der Waals surface area contributed by atoms with Gasteiger partial charge in [-0.1, -0.05) is 19.1 Å². The van der Waals surface area contributed by atoms with E-state index in [1.807, 2.05) is 6.92 Å². The van der Waals surface area contributed by atoms with Gasteiger partial charge in [0.15, 0.2) is 0 Å². The maximum absolute atomic E-state index is 13.8. The molecule has 0 spiro atoms. The maximum Gasteiger partial charge on any atom is 0.356 e. The predicted octanol–water partition coefficient (Wildman–Crippen LogP) is 0.911. The molecule has 17 heavy (non-hydrogen) atoms. The minimum Gasteiger partial charge on any atom is -0.368 e. The van der Waals surface area contributed by atoms with Gasteiger partial charge in [-0.2, -0.15) is 4.98 Å². The Morgan fingerprint density at radius 3 is 2.88 bits per heavy atom. The molecule has 0 bridgehead atoms. The van der Waals surface area contributed by atoms with Crippen LogP contribution in [0.1, 0.15) is 12.5 Å². The van der Waals surface area contributed by atoms with Crippen LogP contribution < -0.4 is 11.4 Å². The van der Waals surface area contributed by atoms with E-state index in [2.05, 4.69) is 9.97 Å². The van der Waals surface area contributed by atoms with Gasteiger partial charge < -0.3 is 5.73 Å². The van der Waals surface area contributed by atoms with Crippen molar-refractivity contribution in [1.29, 1.82) is 0 Å². The number of anilines is 1. The van der Waals surface area contributed by atoms with Crippen molar-refractivity contribution in [1.82, 2.24) is 14.5 Å². The first kappa shape index (κ1) is 11.3. The molecule has 1 aromatic heterocycles. The number of rotatable bonds is 2. The van der Waals surface area contributed by atoms with Crippen LogP contribution in [0.4, 0.5) is 10.3 Å². The normalized spacial score (nSPS) is 10.5. The molecule has 0 saturated carbocycles. The summed E-state index contributed by atoms with van der Waals surface area (Å²) in [7, 11) is 0. The van der Waals surface area contributed by atoms with Crippen LogP contribution in [0.15, 0.2) is 29.3 Å². The Balaban J connectivity index is 2.72. The van der Waals surface area contributed by atoms with Crippen molar-refractivity contribution in [2.45, 2.75) is 13.3 Å². The van der Waals surface area contributed by atoms with E-state index < -0.39 is 11.5 Å². The molecular weight excluding hydrogens is 223 g/mol. The summed E-state index contributed by atoms with van der Waals surface area (Å²) in [6, 6.07) is 4.64. The van der Waals surface area contributed by atoms with Gasteiger partial charge in [0, 0.05) is 0 Å². The van der Waals surface area contributed by atoms with Gasteiger partial charge in [-0.25, -0.2) is 18.7 Å². The molecule has 1 heterocycles. The summed E-state index contributed by atoms with van der Waals surface area (Å²) in [5.41, 5.74) is 5.53. The molecule has 0 aliphatic rings. The summed E-state index contributed by atoms with van der Waals surface area (Å²) in [5.74, 6) is -0.611. The van der Waals surface area contributed by atoms with E-state index >= 15 is 0 Å². The Bertz CT molecular complexity index is 609. The lowest BCUT2D eigenvalue weighted by atomic mass is 10.1. The molecule has 0 radical (unpaired) electrons. The molecule has 6 heteroatoms. The highest BCUT2D eigenvalue weighted by molar-refractivity contribution is 5.42. The summed E-state index contributed by atoms with van der Waals surface area (Å²) in [4.78, 5) is 18.8. The van der Waals surface area contributed by atoms with Crippen LogP contribution in [0.5, 0.6) is 0 Å². The van der Waals surface area contributed by atoms with Gasteiger partial charge >= 0.3 is 5.69 Å². The molecule has 0 aliphatic carbocycles. The predicted molar refractivity (Wildman–Crippen MR) is 61.4 cm³/mol. The lowest BCUT2D eigenvalue weighted by Crippen LogP contribution is -2.24. The Kier molecular flexibility index (Phi) is 2.86. The lowest BCUT2D eigenvalue weighted by Gasteiger charge is -2.10. The third-order valence-corrected chi connectivity index (χ3v) is 2.41. The van der Waals surface area contributed by atoms with Gasteiger partial charge in [-0.05, 0) is 18.1 Å². The zero-order valence-corrected chi connectivity index (χ0v) is 9.22. The van der Waals surface area contributed by atoms with Gasteiger partial charge in [0.05, 0.1) is 5.69 Å². The number of nitrogen functional groups attached to an aromatic ring is 1. The van der Waals surface area contributed by atoms with E-state index in [1.54, 1.807) is 12.1 Å². The average Bonchev–Trinajstić information content (AvgIpc) is 2.30. The molecule has 0 amide bonds. The zero-order valence-electron chi connectivity index (χ0n) is 9.22. The monoisotopic (exact) mass is 234 g/mol. The van der Waals surface area contributed by atoms with Gasteiger partial charge in [0.2, 0.25) is 5.95 Å². The smallest absolute Gasteiger partial charge is 0.356 e. The Hall–Kier alpha value is -2.24. The van der Waals surface area contributed by atoms with Crippen molar-refractivity contribution in [3.8, 4) is 5.69 Å². The molecular formula is C11H11FN4O. The summed E-state index contributed by atoms with van der Waals surface area (Å²) in [6.07, 6.45) is 1.78. The third kappa shape index (κ3) is 2.01. The van der Waals surface area contributed by atoms with Crippen LogP contribution in [0.2, 0.25) is 0 Å². The Morgan fingerprint density at radius 2 is 2.24 bits per heavy atom. The van der Waals surface area contributed by atoms with Crippen molar-refractivity contribution < 1.29 is 4.39 Å². The highest BCUT2D eigenvalue weighted by atomic mass is 19.1. The molecule has 88 valence electrons. The summed E-state index contributed by atoms with van der Waals surface area (Å²) in [6.45, 7) is 1.88. The molecule has 1 aromatic carbocycles. The van der Waals surface area contributed by atoms with E-state index in [9.17, 15) is 9.18 Å². The third-order valence-electron chi connectivity index (χ3n) is 2.41. The van der Waals surface area contributed by atoms with Crippen LogP contribution in [0, 0.1) is 5.82 Å². The van der Waals surface area contributed by atoms with Crippen molar-refractivity contribution in [2.75, 3.05) is 5.73 Å². The molecule has 5 nitrogen and oxygen atoms in total. The molecule has 2 N–H and O–H groups in total. The quantitative estimate of drug-likeness (QED) is 0.838. The minimum absolute atomic E-state index is 0.124. The number of hydrogen-bond donors (Lipinski definition) is 1. The number of para-hydroxylation sites is 1. The lowest BCUT2D eigenvalue weighted by molar-refractivity contribution is 0.610. The van der Waals surface area contributed by atoms with Gasteiger partial charge in [-0.15, -0.1) is 0 Å². The first-order valence-electron chi connectivity index (χ1n) is 5.12. The topological polar surface area (TPSA) is 73.8 Å². The van der Waals surface area contributed by atoms with Crippen LogP contribution >= 0.6 is 0 Å². The second-order valence-corrected chi connectivity index (χ2v) is 3.47. The summed E-state index contributed by atoms with van der Waals surface area (Å²) in [5, 5.41) is 0. The first-order chi connectivity index (χ1) is 8.13. The first-order valence-corrected chi connectivity index (χ1v) is 5.12. The fourth-order valence-electron chi connectivity index (χ4n) is 1.62. The average molecular weight is 234 g/mol.